The molecule has 1 aromatic carbocycles. The zero-order valence-corrected chi connectivity index (χ0v) is 17.8. The molecule has 7 heteroatoms. The van der Waals surface area contributed by atoms with Crippen molar-refractivity contribution in [1.82, 2.24) is 13.8 Å². The summed E-state index contributed by atoms with van der Waals surface area (Å²) in [6.07, 6.45) is 3.90. The molecule has 1 fully saturated rings. The molecular weight excluding hydrogens is 374 g/mol. The van der Waals surface area contributed by atoms with Crippen molar-refractivity contribution in [2.45, 2.75) is 57.1 Å². The fraction of sp³-hybridized carbons (Fsp3) is 0.476. The van der Waals surface area contributed by atoms with Crippen LogP contribution in [0.15, 0.2) is 47.5 Å². The van der Waals surface area contributed by atoms with Gasteiger partial charge in [-0.05, 0) is 57.9 Å². The maximum Gasteiger partial charge on any atom is 0.243 e. The summed E-state index contributed by atoms with van der Waals surface area (Å²) >= 11 is 0. The molecule has 1 aliphatic rings. The minimum Gasteiger partial charge on any atom is -0.353 e. The van der Waals surface area contributed by atoms with Crippen LogP contribution in [0, 0.1) is 6.92 Å². The minimum absolute atomic E-state index is 0.144. The van der Waals surface area contributed by atoms with Crippen LogP contribution in [0.2, 0.25) is 0 Å². The second kappa shape index (κ2) is 8.09. The van der Waals surface area contributed by atoms with Crippen molar-refractivity contribution < 1.29 is 13.2 Å². The van der Waals surface area contributed by atoms with Gasteiger partial charge in [-0.2, -0.15) is 4.31 Å². The number of hydrogen-bond donors (Lipinski definition) is 0. The van der Waals surface area contributed by atoms with E-state index in [2.05, 4.69) is 0 Å². The van der Waals surface area contributed by atoms with Crippen LogP contribution in [0.1, 0.15) is 37.9 Å². The van der Waals surface area contributed by atoms with Gasteiger partial charge in [0.2, 0.25) is 15.9 Å². The predicted molar refractivity (Wildman–Crippen MR) is 109 cm³/mol. The summed E-state index contributed by atoms with van der Waals surface area (Å²) in [6.45, 7) is 5.88. The molecule has 2 aromatic rings. The topological polar surface area (TPSA) is 62.6 Å². The molecule has 0 saturated heterocycles. The van der Waals surface area contributed by atoms with Crippen molar-refractivity contribution >= 4 is 15.9 Å². The number of nitrogens with zero attached hydrogens (tertiary/aromatic N) is 3. The number of carbonyl (C=O) groups excluding carboxylic acids is 1. The van der Waals surface area contributed by atoms with Gasteiger partial charge in [-0.3, -0.25) is 4.79 Å². The third-order valence-corrected chi connectivity index (χ3v) is 7.22. The van der Waals surface area contributed by atoms with E-state index in [9.17, 15) is 13.2 Å². The Hall–Kier alpha value is -2.12. The van der Waals surface area contributed by atoms with Gasteiger partial charge < -0.3 is 9.47 Å². The summed E-state index contributed by atoms with van der Waals surface area (Å²) in [6, 6.07) is 10.6. The zero-order chi connectivity index (χ0) is 20.5. The molecule has 0 atom stereocenters. The van der Waals surface area contributed by atoms with Gasteiger partial charge in [0.15, 0.2) is 0 Å². The van der Waals surface area contributed by atoms with E-state index < -0.39 is 10.0 Å². The minimum atomic E-state index is -3.74. The molecule has 1 aliphatic carbocycles. The molecule has 0 N–H and O–H groups in total. The Kier molecular flexibility index (Phi) is 5.95. The number of hydrogen-bond acceptors (Lipinski definition) is 3. The smallest absolute Gasteiger partial charge is 0.243 e. The lowest BCUT2D eigenvalue weighted by atomic mass is 10.2. The standard InChI is InChI=1S/C21H29N3O3S/c1-16(2)24(28(26,27)20-11-7-17(3)8-12-20)15-21(25)23(18-9-10-18)14-19-6-5-13-22(19)4/h5-8,11-13,16,18H,9-10,14-15H2,1-4H3. The Morgan fingerprint density at radius 3 is 2.32 bits per heavy atom. The van der Waals surface area contributed by atoms with E-state index in [4.69, 9.17) is 0 Å². The van der Waals surface area contributed by atoms with Crippen molar-refractivity contribution in [3.8, 4) is 0 Å². The summed E-state index contributed by atoms with van der Waals surface area (Å²) in [4.78, 5) is 15.2. The number of rotatable bonds is 8. The third-order valence-electron chi connectivity index (χ3n) is 5.19. The number of sulfonamides is 1. The van der Waals surface area contributed by atoms with Gasteiger partial charge >= 0.3 is 0 Å². The Labute approximate surface area is 167 Å². The van der Waals surface area contributed by atoms with Crippen LogP contribution in [0.3, 0.4) is 0 Å². The number of benzene rings is 1. The van der Waals surface area contributed by atoms with Gasteiger partial charge in [0, 0.05) is 31.0 Å². The van der Waals surface area contributed by atoms with E-state index in [0.717, 1.165) is 24.1 Å². The monoisotopic (exact) mass is 403 g/mol. The molecule has 0 spiro atoms. The highest BCUT2D eigenvalue weighted by Gasteiger charge is 2.36. The summed E-state index contributed by atoms with van der Waals surface area (Å²) in [5.74, 6) is -0.145. The molecular formula is C21H29N3O3S. The van der Waals surface area contributed by atoms with E-state index in [1.807, 2.05) is 41.8 Å². The van der Waals surface area contributed by atoms with Crippen LogP contribution in [0.25, 0.3) is 0 Å². The summed E-state index contributed by atoms with van der Waals surface area (Å²) in [5.41, 5.74) is 2.03. The number of aromatic nitrogens is 1. The van der Waals surface area contributed by atoms with Crippen LogP contribution >= 0.6 is 0 Å². The number of carbonyl (C=O) groups is 1. The average molecular weight is 404 g/mol. The molecule has 0 radical (unpaired) electrons. The van der Waals surface area contributed by atoms with Crippen molar-refractivity contribution in [2.75, 3.05) is 6.54 Å². The quantitative estimate of drug-likeness (QED) is 0.681. The summed E-state index contributed by atoms with van der Waals surface area (Å²) in [7, 11) is -1.79. The first kappa shape index (κ1) is 20.6. The molecule has 28 heavy (non-hydrogen) atoms. The van der Waals surface area contributed by atoms with Crippen LogP contribution in [-0.2, 0) is 28.4 Å². The Bertz CT molecular complexity index is 928. The molecule has 1 heterocycles. The second-order valence-electron chi connectivity index (χ2n) is 7.82. The first-order chi connectivity index (χ1) is 13.2. The lowest BCUT2D eigenvalue weighted by molar-refractivity contribution is -0.133. The Morgan fingerprint density at radius 2 is 1.82 bits per heavy atom. The zero-order valence-electron chi connectivity index (χ0n) is 17.0. The van der Waals surface area contributed by atoms with E-state index >= 15 is 0 Å². The van der Waals surface area contributed by atoms with E-state index in [-0.39, 0.29) is 29.4 Å². The Morgan fingerprint density at radius 1 is 1.18 bits per heavy atom. The SMILES string of the molecule is Cc1ccc(S(=O)(=O)N(CC(=O)N(Cc2cccn2C)C2CC2)C(C)C)cc1. The Balaban J connectivity index is 1.81. The molecule has 1 aromatic heterocycles. The number of aryl methyl sites for hydroxylation is 2. The lowest BCUT2D eigenvalue weighted by Crippen LogP contribution is -2.46. The van der Waals surface area contributed by atoms with Crippen LogP contribution in [0.4, 0.5) is 0 Å². The maximum atomic E-state index is 13.2. The molecule has 3 rings (SSSR count). The highest BCUT2D eigenvalue weighted by Crippen LogP contribution is 2.29. The fourth-order valence-electron chi connectivity index (χ4n) is 3.26. The lowest BCUT2D eigenvalue weighted by Gasteiger charge is -2.29. The van der Waals surface area contributed by atoms with Crippen LogP contribution in [0.5, 0.6) is 0 Å². The molecule has 152 valence electrons. The van der Waals surface area contributed by atoms with Gasteiger partial charge in [-0.15, -0.1) is 0 Å². The predicted octanol–water partition coefficient (Wildman–Crippen LogP) is 2.92. The van der Waals surface area contributed by atoms with E-state index in [1.54, 1.807) is 38.1 Å². The molecule has 1 saturated carbocycles. The van der Waals surface area contributed by atoms with Gasteiger partial charge in [-0.25, -0.2) is 8.42 Å². The molecule has 0 bridgehead atoms. The normalized spacial score (nSPS) is 14.6. The second-order valence-corrected chi connectivity index (χ2v) is 9.71. The van der Waals surface area contributed by atoms with Crippen LogP contribution < -0.4 is 0 Å². The third kappa shape index (κ3) is 4.47. The van der Waals surface area contributed by atoms with E-state index in [1.165, 1.54) is 4.31 Å². The van der Waals surface area contributed by atoms with Gasteiger partial charge in [-0.1, -0.05) is 17.7 Å². The first-order valence-electron chi connectivity index (χ1n) is 9.68. The van der Waals surface area contributed by atoms with Crippen LogP contribution in [-0.4, -0.2) is 46.7 Å². The highest BCUT2D eigenvalue weighted by molar-refractivity contribution is 7.89. The van der Waals surface area contributed by atoms with Crippen molar-refractivity contribution in [3.05, 3.63) is 53.9 Å². The van der Waals surface area contributed by atoms with Crippen molar-refractivity contribution in [3.63, 3.8) is 0 Å². The molecule has 6 nitrogen and oxygen atoms in total. The summed E-state index contributed by atoms with van der Waals surface area (Å²) in [5, 5.41) is 0. The molecule has 1 amide bonds. The van der Waals surface area contributed by atoms with E-state index in [0.29, 0.717) is 6.54 Å². The maximum absolute atomic E-state index is 13.2. The van der Waals surface area contributed by atoms with Gasteiger partial charge in [0.1, 0.15) is 0 Å². The molecule has 0 unspecified atom stereocenters. The van der Waals surface area contributed by atoms with Crippen molar-refractivity contribution in [2.24, 2.45) is 7.05 Å². The first-order valence-corrected chi connectivity index (χ1v) is 11.1. The molecule has 0 aliphatic heterocycles. The van der Waals surface area contributed by atoms with Gasteiger partial charge in [0.25, 0.3) is 0 Å². The van der Waals surface area contributed by atoms with Crippen molar-refractivity contribution in [1.29, 1.82) is 0 Å². The number of amides is 1. The average Bonchev–Trinajstić information content (AvgIpc) is 3.39. The fourth-order valence-corrected chi connectivity index (χ4v) is 4.84. The largest absolute Gasteiger partial charge is 0.353 e. The highest BCUT2D eigenvalue weighted by atomic mass is 32.2. The summed E-state index contributed by atoms with van der Waals surface area (Å²) < 4.78 is 29.6. The van der Waals surface area contributed by atoms with Gasteiger partial charge in [0.05, 0.1) is 18.0 Å².